The van der Waals surface area contributed by atoms with Crippen molar-refractivity contribution in [2.24, 2.45) is 0 Å². The number of alkyl halides is 3. The van der Waals surface area contributed by atoms with Crippen LogP contribution in [0.3, 0.4) is 0 Å². The molecule has 41 heavy (non-hydrogen) atoms. The molecule has 3 heterocycles. The third-order valence-electron chi connectivity index (χ3n) is 6.67. The molecule has 2 aromatic carbocycles. The van der Waals surface area contributed by atoms with E-state index in [0.29, 0.717) is 35.8 Å². The van der Waals surface area contributed by atoms with E-state index in [9.17, 15) is 26.0 Å². The third-order valence-corrected chi connectivity index (χ3v) is 8.54. The number of nitrogens with zero attached hydrogens (tertiary/aromatic N) is 3. The molecule has 0 bridgehead atoms. The van der Waals surface area contributed by atoms with Gasteiger partial charge in [0.2, 0.25) is 10.0 Å². The van der Waals surface area contributed by atoms with Crippen LogP contribution in [0.1, 0.15) is 41.0 Å². The average Bonchev–Trinajstić information content (AvgIpc) is 3.35. The highest BCUT2D eigenvalue weighted by molar-refractivity contribution is 7.89. The zero-order valence-electron chi connectivity index (χ0n) is 21.7. The van der Waals surface area contributed by atoms with Crippen molar-refractivity contribution in [3.63, 3.8) is 0 Å². The summed E-state index contributed by atoms with van der Waals surface area (Å²) in [5.74, 6) is -0.234. The van der Waals surface area contributed by atoms with E-state index in [0.717, 1.165) is 17.2 Å². The minimum absolute atomic E-state index is 0.0928. The van der Waals surface area contributed by atoms with E-state index in [1.165, 1.54) is 29.7 Å². The van der Waals surface area contributed by atoms with Gasteiger partial charge in [-0.2, -0.15) is 25.9 Å². The van der Waals surface area contributed by atoms with Gasteiger partial charge in [0.1, 0.15) is 17.7 Å². The van der Waals surface area contributed by atoms with Crippen molar-refractivity contribution >= 4 is 44.2 Å². The maximum atomic E-state index is 14.3. The molecule has 1 fully saturated rings. The molecule has 0 amide bonds. The number of piperidine rings is 1. The number of nitrogens with one attached hydrogen (secondary N) is 1. The van der Waals surface area contributed by atoms with Crippen LogP contribution >= 0.6 is 0 Å². The van der Waals surface area contributed by atoms with E-state index >= 15 is 0 Å². The molecule has 1 saturated heterocycles. The second kappa shape index (κ2) is 12.0. The van der Waals surface area contributed by atoms with E-state index < -0.39 is 39.2 Å². The number of fused-ring (bicyclic) bond motifs is 1. The summed E-state index contributed by atoms with van der Waals surface area (Å²) >= 11 is -0.750. The summed E-state index contributed by atoms with van der Waals surface area (Å²) < 4.78 is 104. The van der Waals surface area contributed by atoms with Gasteiger partial charge in [-0.25, -0.2) is 22.8 Å². The van der Waals surface area contributed by atoms with Gasteiger partial charge in [0.05, 0.1) is 22.4 Å². The van der Waals surface area contributed by atoms with Crippen molar-refractivity contribution < 1.29 is 38.8 Å². The molecule has 4 aromatic rings. The van der Waals surface area contributed by atoms with Gasteiger partial charge in [0.15, 0.2) is 11.4 Å². The summed E-state index contributed by atoms with van der Waals surface area (Å²) in [4.78, 5) is 8.15. The van der Waals surface area contributed by atoms with Crippen LogP contribution in [0.25, 0.3) is 11.1 Å². The van der Waals surface area contributed by atoms with Gasteiger partial charge in [0, 0.05) is 18.7 Å². The minimum atomic E-state index is -4.65. The lowest BCUT2D eigenvalue weighted by Gasteiger charge is -2.31. The highest BCUT2D eigenvalue weighted by Gasteiger charge is 2.35. The molecule has 0 aliphatic carbocycles. The molecule has 0 atom stereocenters. The molecule has 2 aromatic heterocycles. The number of furan rings is 1. The average molecular weight is 613 g/mol. The van der Waals surface area contributed by atoms with Gasteiger partial charge in [-0.05, 0) is 74.1 Å². The fourth-order valence-corrected chi connectivity index (χ4v) is 6.31. The number of aromatic nitrogens is 2. The maximum Gasteiger partial charge on any atom is 0.416 e. The number of halogens is 4. The van der Waals surface area contributed by atoms with E-state index in [-0.39, 0.29) is 35.2 Å². The topological polar surface area (TPSA) is 122 Å². The number of sulfonamides is 1. The van der Waals surface area contributed by atoms with Crippen LogP contribution in [0.2, 0.25) is 0 Å². The first-order valence-electron chi connectivity index (χ1n) is 12.2. The highest BCUT2D eigenvalue weighted by Crippen LogP contribution is 2.38. The number of anilines is 2. The van der Waals surface area contributed by atoms with Crippen molar-refractivity contribution in [1.29, 1.82) is 0 Å². The van der Waals surface area contributed by atoms with E-state index in [4.69, 9.17) is 12.8 Å². The lowest BCUT2D eigenvalue weighted by molar-refractivity contribution is -0.137. The molecule has 1 aliphatic rings. The molecule has 9 nitrogen and oxygen atoms in total. The summed E-state index contributed by atoms with van der Waals surface area (Å²) in [6.45, 7) is 3.47. The molecule has 5 rings (SSSR count). The van der Waals surface area contributed by atoms with Crippen molar-refractivity contribution in [2.45, 2.75) is 43.7 Å². The van der Waals surface area contributed by atoms with Crippen molar-refractivity contribution in [3.8, 4) is 0 Å². The second-order valence-electron chi connectivity index (χ2n) is 9.48. The Morgan fingerprint density at radius 1 is 1.02 bits per heavy atom. The molecular weight excluding hydrogens is 588 g/mol. The van der Waals surface area contributed by atoms with Crippen LogP contribution in [0.5, 0.6) is 0 Å². The van der Waals surface area contributed by atoms with Gasteiger partial charge in [0.25, 0.3) is 0 Å². The molecule has 0 unspecified atom stereocenters. The van der Waals surface area contributed by atoms with Gasteiger partial charge in [-0.3, -0.25) is 0 Å². The number of hydrogen-bond donors (Lipinski definition) is 1. The monoisotopic (exact) mass is 612 g/mol. The lowest BCUT2D eigenvalue weighted by Crippen LogP contribution is -2.38. The van der Waals surface area contributed by atoms with E-state index in [1.807, 2.05) is 0 Å². The number of benzene rings is 2. The van der Waals surface area contributed by atoms with Gasteiger partial charge < -0.3 is 9.73 Å². The van der Waals surface area contributed by atoms with Gasteiger partial charge in [-0.15, -0.1) is 0 Å². The van der Waals surface area contributed by atoms with Crippen LogP contribution in [-0.4, -0.2) is 44.2 Å². The number of aryl methyl sites for hydroxylation is 2. The summed E-state index contributed by atoms with van der Waals surface area (Å²) in [6.07, 6.45) is -0.922. The third kappa shape index (κ3) is 6.63. The lowest BCUT2D eigenvalue weighted by atomic mass is 9.91. The van der Waals surface area contributed by atoms with Crippen LogP contribution in [0.15, 0.2) is 58.3 Å². The smallest absolute Gasteiger partial charge is 0.416 e. The maximum absolute atomic E-state index is 14.3. The highest BCUT2D eigenvalue weighted by atomic mass is 32.2. The standard InChI is InChI=1S/C26H24F4N4O3S.O2S/c1-15-3-4-22(21(27)11-15)33-25-24-23(31-14-32-25)20(13-37-24)17-5-7-34(8-6-17)38(35,36)19-10-16(2)9-18(12-19)26(28,29)30;1-3-2/h3-4,9-14,17H,5-8H2,1-2H3,(H,31,32,33);. The van der Waals surface area contributed by atoms with E-state index in [1.54, 1.807) is 25.3 Å². The fraction of sp³-hybridized carbons (Fsp3) is 0.308. The first kappa shape index (κ1) is 30.3. The Bertz CT molecular complexity index is 1710. The molecule has 1 aliphatic heterocycles. The van der Waals surface area contributed by atoms with Crippen LogP contribution in [0, 0.1) is 19.7 Å². The van der Waals surface area contributed by atoms with Crippen LogP contribution in [-0.2, 0) is 27.8 Å². The SMILES string of the molecule is Cc1cc(C(F)(F)F)cc(S(=O)(=O)N2CCC(c3coc4c(Nc5ccc(C)cc5F)ncnc34)CC2)c1.O=S=O. The van der Waals surface area contributed by atoms with Crippen molar-refractivity contribution in [3.05, 3.63) is 77.1 Å². The van der Waals surface area contributed by atoms with Crippen molar-refractivity contribution in [2.75, 3.05) is 18.4 Å². The van der Waals surface area contributed by atoms with Crippen molar-refractivity contribution in [1.82, 2.24) is 14.3 Å². The molecule has 15 heteroatoms. The Morgan fingerprint density at radius 2 is 1.71 bits per heavy atom. The Labute approximate surface area is 236 Å². The predicted molar refractivity (Wildman–Crippen MR) is 142 cm³/mol. The molecular formula is C26H24F4N4O5S2. The summed E-state index contributed by atoms with van der Waals surface area (Å²) in [6, 6.07) is 7.62. The predicted octanol–water partition coefficient (Wildman–Crippen LogP) is 5.64. The van der Waals surface area contributed by atoms with Crippen LogP contribution in [0.4, 0.5) is 29.1 Å². The quantitative estimate of drug-likeness (QED) is 0.288. The first-order chi connectivity index (χ1) is 19.3. The molecule has 1 N–H and O–H groups in total. The van der Waals surface area contributed by atoms with Gasteiger partial charge in [-0.1, -0.05) is 6.07 Å². The Morgan fingerprint density at radius 3 is 2.34 bits per heavy atom. The summed E-state index contributed by atoms with van der Waals surface area (Å²) in [7, 11) is -4.11. The minimum Gasteiger partial charge on any atom is -0.458 e. The number of hydrogen-bond acceptors (Lipinski definition) is 8. The zero-order chi connectivity index (χ0) is 29.9. The van der Waals surface area contributed by atoms with Crippen LogP contribution < -0.4 is 5.32 Å². The number of rotatable bonds is 5. The van der Waals surface area contributed by atoms with Gasteiger partial charge >= 0.3 is 17.7 Å². The molecule has 0 spiro atoms. The molecule has 0 radical (unpaired) electrons. The Balaban J connectivity index is 0.00000124. The van der Waals surface area contributed by atoms with E-state index in [2.05, 4.69) is 15.3 Å². The summed E-state index contributed by atoms with van der Waals surface area (Å²) in [5.41, 5.74) is 1.87. The molecule has 218 valence electrons. The molecule has 0 saturated carbocycles. The fourth-order valence-electron chi connectivity index (χ4n) is 4.71. The normalized spacial score (nSPS) is 14.9. The summed E-state index contributed by atoms with van der Waals surface area (Å²) in [5, 5.41) is 2.94. The zero-order valence-corrected chi connectivity index (χ0v) is 23.4. The largest absolute Gasteiger partial charge is 0.458 e. The Kier molecular flexibility index (Phi) is 8.89. The second-order valence-corrected chi connectivity index (χ2v) is 11.6. The first-order valence-corrected chi connectivity index (χ1v) is 14.3. The Hall–Kier alpha value is -3.69.